The van der Waals surface area contributed by atoms with Crippen molar-refractivity contribution in [3.05, 3.63) is 65.2 Å². The van der Waals surface area contributed by atoms with E-state index in [1.165, 1.54) is 11.1 Å². The molecule has 0 amide bonds. The van der Waals surface area contributed by atoms with Crippen LogP contribution in [0.1, 0.15) is 30.5 Å². The van der Waals surface area contributed by atoms with Crippen molar-refractivity contribution in [2.45, 2.75) is 33.3 Å². The van der Waals surface area contributed by atoms with E-state index in [9.17, 15) is 0 Å². The van der Waals surface area contributed by atoms with Crippen LogP contribution < -0.4 is 4.74 Å². The van der Waals surface area contributed by atoms with Gasteiger partial charge in [-0.25, -0.2) is 0 Å². The molecule has 0 heterocycles. The third-order valence-electron chi connectivity index (χ3n) is 3.39. The van der Waals surface area contributed by atoms with Crippen LogP contribution >= 0.6 is 0 Å². The Balaban J connectivity index is 1.90. The molecule has 0 spiro atoms. The van der Waals surface area contributed by atoms with Crippen LogP contribution in [0.5, 0.6) is 5.75 Å². The highest BCUT2D eigenvalue weighted by atomic mass is 16.5. The summed E-state index contributed by atoms with van der Waals surface area (Å²) >= 11 is 0. The van der Waals surface area contributed by atoms with Crippen LogP contribution in [-0.4, -0.2) is 10.9 Å². The lowest BCUT2D eigenvalue weighted by Gasteiger charge is -2.08. The van der Waals surface area contributed by atoms with Gasteiger partial charge in [-0.05, 0) is 42.2 Å². The van der Waals surface area contributed by atoms with Crippen molar-refractivity contribution in [2.24, 2.45) is 5.16 Å². The quantitative estimate of drug-likeness (QED) is 0.490. The molecule has 0 bridgehead atoms. The van der Waals surface area contributed by atoms with Crippen LogP contribution in [0.25, 0.3) is 0 Å². The fraction of sp³-hybridized carbons (Fsp3) is 0.278. The topological polar surface area (TPSA) is 41.8 Å². The molecule has 110 valence electrons. The molecule has 2 rings (SSSR count). The second-order valence-electron chi connectivity index (χ2n) is 5.11. The number of hydrogen-bond acceptors (Lipinski definition) is 3. The molecule has 1 N–H and O–H groups in total. The number of ether oxygens (including phenoxy) is 1. The number of aryl methyl sites for hydroxylation is 1. The molecule has 0 aliphatic carbocycles. The summed E-state index contributed by atoms with van der Waals surface area (Å²) in [7, 11) is 0. The van der Waals surface area contributed by atoms with E-state index in [0.29, 0.717) is 18.7 Å². The highest BCUT2D eigenvalue weighted by Crippen LogP contribution is 2.15. The van der Waals surface area contributed by atoms with E-state index in [1.807, 2.05) is 24.3 Å². The standard InChI is InChI=1S/C18H21NO2/c1-3-15-4-6-17(7-5-15)13-21-18-10-8-16(9-11-18)12-14(2)19-20/h4-11,20H,3,12-13H2,1-2H3/b19-14+. The summed E-state index contributed by atoms with van der Waals surface area (Å²) in [6.07, 6.45) is 1.70. The largest absolute Gasteiger partial charge is 0.489 e. The Morgan fingerprint density at radius 1 is 0.952 bits per heavy atom. The molecule has 0 radical (unpaired) electrons. The van der Waals surface area contributed by atoms with Crippen molar-refractivity contribution in [3.8, 4) is 5.75 Å². The lowest BCUT2D eigenvalue weighted by Crippen LogP contribution is -1.98. The van der Waals surface area contributed by atoms with Gasteiger partial charge >= 0.3 is 0 Å². The molecule has 0 saturated carbocycles. The highest BCUT2D eigenvalue weighted by molar-refractivity contribution is 5.83. The van der Waals surface area contributed by atoms with Crippen molar-refractivity contribution < 1.29 is 9.94 Å². The Bertz CT molecular complexity index is 586. The maximum absolute atomic E-state index is 8.66. The molecule has 2 aromatic carbocycles. The van der Waals surface area contributed by atoms with Crippen LogP contribution in [0, 0.1) is 0 Å². The minimum absolute atomic E-state index is 0.570. The summed E-state index contributed by atoms with van der Waals surface area (Å²) in [5.41, 5.74) is 4.30. The Hall–Kier alpha value is -2.29. The van der Waals surface area contributed by atoms with Crippen LogP contribution in [0.3, 0.4) is 0 Å². The second-order valence-corrected chi connectivity index (χ2v) is 5.11. The number of nitrogens with zero attached hydrogens (tertiary/aromatic N) is 1. The van der Waals surface area contributed by atoms with Gasteiger partial charge in [0.05, 0.1) is 5.71 Å². The van der Waals surface area contributed by atoms with Gasteiger partial charge in [0, 0.05) is 6.42 Å². The molecule has 2 aromatic rings. The minimum Gasteiger partial charge on any atom is -0.489 e. The second kappa shape index (κ2) is 7.48. The number of benzene rings is 2. The first-order chi connectivity index (χ1) is 10.2. The Labute approximate surface area is 125 Å². The van der Waals surface area contributed by atoms with E-state index < -0.39 is 0 Å². The van der Waals surface area contributed by atoms with E-state index in [1.54, 1.807) is 6.92 Å². The molecule has 0 fully saturated rings. The molecule has 3 nitrogen and oxygen atoms in total. The third-order valence-corrected chi connectivity index (χ3v) is 3.39. The predicted molar refractivity (Wildman–Crippen MR) is 85.2 cm³/mol. The molecule has 21 heavy (non-hydrogen) atoms. The van der Waals surface area contributed by atoms with Gasteiger partial charge in [0.2, 0.25) is 0 Å². The van der Waals surface area contributed by atoms with E-state index >= 15 is 0 Å². The normalized spacial score (nSPS) is 11.4. The fourth-order valence-corrected chi connectivity index (χ4v) is 2.07. The smallest absolute Gasteiger partial charge is 0.119 e. The maximum atomic E-state index is 8.66. The van der Waals surface area contributed by atoms with Crippen LogP contribution in [0.15, 0.2) is 53.7 Å². The van der Waals surface area contributed by atoms with E-state index in [2.05, 4.69) is 36.3 Å². The predicted octanol–water partition coefficient (Wildman–Crippen LogP) is 4.22. The zero-order valence-electron chi connectivity index (χ0n) is 12.5. The molecular weight excluding hydrogens is 262 g/mol. The van der Waals surface area contributed by atoms with Crippen molar-refractivity contribution >= 4 is 5.71 Å². The van der Waals surface area contributed by atoms with Crippen molar-refractivity contribution in [1.82, 2.24) is 0 Å². The van der Waals surface area contributed by atoms with Gasteiger partial charge in [0.25, 0.3) is 0 Å². The van der Waals surface area contributed by atoms with Crippen molar-refractivity contribution in [3.63, 3.8) is 0 Å². The van der Waals surface area contributed by atoms with Crippen molar-refractivity contribution in [2.75, 3.05) is 0 Å². The molecular formula is C18H21NO2. The molecule has 0 aliphatic heterocycles. The maximum Gasteiger partial charge on any atom is 0.119 e. The third kappa shape index (κ3) is 4.63. The fourth-order valence-electron chi connectivity index (χ4n) is 2.07. The molecule has 0 atom stereocenters. The SMILES string of the molecule is CCc1ccc(COc2ccc(C/C(C)=N/O)cc2)cc1. The Morgan fingerprint density at radius 3 is 2.10 bits per heavy atom. The van der Waals surface area contributed by atoms with Gasteiger partial charge in [0.15, 0.2) is 0 Å². The molecule has 0 aliphatic rings. The summed E-state index contributed by atoms with van der Waals surface area (Å²) in [5.74, 6) is 0.844. The van der Waals surface area contributed by atoms with Crippen LogP contribution in [0.4, 0.5) is 0 Å². The van der Waals surface area contributed by atoms with Gasteiger partial charge in [-0.15, -0.1) is 0 Å². The van der Waals surface area contributed by atoms with Crippen molar-refractivity contribution in [1.29, 1.82) is 0 Å². The Kier molecular flexibility index (Phi) is 5.38. The molecule has 3 heteroatoms. The number of hydrogen-bond donors (Lipinski definition) is 1. The van der Waals surface area contributed by atoms with Crippen LogP contribution in [0.2, 0.25) is 0 Å². The highest BCUT2D eigenvalue weighted by Gasteiger charge is 1.99. The first-order valence-electron chi connectivity index (χ1n) is 7.18. The van der Waals surface area contributed by atoms with Gasteiger partial charge in [0.1, 0.15) is 12.4 Å². The van der Waals surface area contributed by atoms with E-state index in [4.69, 9.17) is 9.94 Å². The summed E-state index contributed by atoms with van der Waals surface area (Å²) in [4.78, 5) is 0. The number of rotatable bonds is 6. The lowest BCUT2D eigenvalue weighted by atomic mass is 10.1. The molecule has 0 saturated heterocycles. The minimum atomic E-state index is 0.570. The first-order valence-corrected chi connectivity index (χ1v) is 7.18. The van der Waals surface area contributed by atoms with E-state index in [0.717, 1.165) is 17.7 Å². The molecule has 0 aromatic heterocycles. The summed E-state index contributed by atoms with van der Waals surface area (Å²) in [6.45, 7) is 4.51. The lowest BCUT2D eigenvalue weighted by molar-refractivity contribution is 0.306. The van der Waals surface area contributed by atoms with Gasteiger partial charge < -0.3 is 9.94 Å². The van der Waals surface area contributed by atoms with Gasteiger partial charge in [-0.2, -0.15) is 0 Å². The monoisotopic (exact) mass is 283 g/mol. The average Bonchev–Trinajstić information content (AvgIpc) is 2.54. The molecule has 0 unspecified atom stereocenters. The summed E-state index contributed by atoms with van der Waals surface area (Å²) in [5, 5.41) is 11.8. The summed E-state index contributed by atoms with van der Waals surface area (Å²) < 4.78 is 5.77. The van der Waals surface area contributed by atoms with Gasteiger partial charge in [-0.1, -0.05) is 48.5 Å². The number of oxime groups is 1. The summed E-state index contributed by atoms with van der Waals surface area (Å²) in [6, 6.07) is 16.4. The zero-order chi connectivity index (χ0) is 15.1. The first kappa shape index (κ1) is 15.1. The van der Waals surface area contributed by atoms with Gasteiger partial charge in [-0.3, -0.25) is 0 Å². The van der Waals surface area contributed by atoms with Crippen LogP contribution in [-0.2, 0) is 19.4 Å². The average molecular weight is 283 g/mol. The Morgan fingerprint density at radius 2 is 1.52 bits per heavy atom. The van der Waals surface area contributed by atoms with E-state index in [-0.39, 0.29) is 0 Å². The zero-order valence-corrected chi connectivity index (χ0v) is 12.5.